The Morgan fingerprint density at radius 1 is 1.18 bits per heavy atom. The number of hydrogen-bond donors (Lipinski definition) is 2. The standard InChI is InChI=1S/C20H19N5O2S/c26-18(9-8-14-13-28-19(23-14)16-6-3-4-10-21-16)22-11-12-25-17-7-2-1-5-15(17)24-20(25)27/h1-7,10,13H,8-9,11-12H2,(H,22,26)(H,24,27). The van der Waals surface area contributed by atoms with Crippen molar-refractivity contribution in [2.24, 2.45) is 0 Å². The van der Waals surface area contributed by atoms with Gasteiger partial charge in [-0.15, -0.1) is 11.3 Å². The fourth-order valence-electron chi connectivity index (χ4n) is 2.99. The molecule has 0 aliphatic heterocycles. The molecule has 4 aromatic rings. The van der Waals surface area contributed by atoms with Gasteiger partial charge in [0, 0.05) is 31.1 Å². The zero-order valence-electron chi connectivity index (χ0n) is 15.1. The number of hydrogen-bond acceptors (Lipinski definition) is 5. The summed E-state index contributed by atoms with van der Waals surface area (Å²) in [6.07, 6.45) is 2.67. The molecule has 0 bridgehead atoms. The average molecular weight is 393 g/mol. The van der Waals surface area contributed by atoms with Gasteiger partial charge < -0.3 is 10.3 Å². The number of nitrogens with one attached hydrogen (secondary N) is 2. The number of fused-ring (bicyclic) bond motifs is 1. The van der Waals surface area contributed by atoms with Crippen LogP contribution in [0.4, 0.5) is 0 Å². The van der Waals surface area contributed by atoms with Gasteiger partial charge in [-0.25, -0.2) is 9.78 Å². The van der Waals surface area contributed by atoms with Crippen molar-refractivity contribution in [3.63, 3.8) is 0 Å². The summed E-state index contributed by atoms with van der Waals surface area (Å²) in [5.41, 5.74) is 3.19. The van der Waals surface area contributed by atoms with Gasteiger partial charge in [-0.1, -0.05) is 18.2 Å². The van der Waals surface area contributed by atoms with Gasteiger partial charge in [-0.3, -0.25) is 14.3 Å². The number of amides is 1. The second-order valence-corrected chi connectivity index (χ2v) is 7.17. The van der Waals surface area contributed by atoms with Crippen molar-refractivity contribution < 1.29 is 4.79 Å². The minimum atomic E-state index is -0.167. The fourth-order valence-corrected chi connectivity index (χ4v) is 3.82. The first-order chi connectivity index (χ1) is 13.7. The van der Waals surface area contributed by atoms with Crippen molar-refractivity contribution in [1.82, 2.24) is 24.8 Å². The second kappa shape index (κ2) is 8.18. The normalized spacial score (nSPS) is 11.0. The maximum atomic E-state index is 12.1. The number of imidazole rings is 1. The van der Waals surface area contributed by atoms with E-state index in [4.69, 9.17) is 0 Å². The quantitative estimate of drug-likeness (QED) is 0.505. The van der Waals surface area contributed by atoms with E-state index in [9.17, 15) is 9.59 Å². The summed E-state index contributed by atoms with van der Waals surface area (Å²) in [5.74, 6) is -0.0553. The summed E-state index contributed by atoms with van der Waals surface area (Å²) >= 11 is 1.53. The molecule has 0 saturated heterocycles. The SMILES string of the molecule is O=C(CCc1csc(-c2ccccn2)n1)NCCn1c(=O)[nH]c2ccccc21. The lowest BCUT2D eigenvalue weighted by atomic mass is 10.2. The van der Waals surface area contributed by atoms with Crippen LogP contribution >= 0.6 is 11.3 Å². The van der Waals surface area contributed by atoms with Gasteiger partial charge in [-0.05, 0) is 30.7 Å². The van der Waals surface area contributed by atoms with E-state index >= 15 is 0 Å². The highest BCUT2D eigenvalue weighted by atomic mass is 32.1. The van der Waals surface area contributed by atoms with Gasteiger partial charge in [-0.2, -0.15) is 0 Å². The van der Waals surface area contributed by atoms with E-state index in [0.717, 1.165) is 27.4 Å². The van der Waals surface area contributed by atoms with Gasteiger partial charge >= 0.3 is 5.69 Å². The molecule has 3 aromatic heterocycles. The molecule has 2 N–H and O–H groups in total. The minimum Gasteiger partial charge on any atom is -0.354 e. The molecule has 0 aliphatic carbocycles. The molecule has 142 valence electrons. The molecule has 0 radical (unpaired) electrons. The summed E-state index contributed by atoms with van der Waals surface area (Å²) in [4.78, 5) is 35.8. The number of pyridine rings is 1. The number of aromatic amines is 1. The lowest BCUT2D eigenvalue weighted by molar-refractivity contribution is -0.121. The lowest BCUT2D eigenvalue weighted by Gasteiger charge is -2.06. The molecule has 0 fully saturated rings. The topological polar surface area (TPSA) is 92.7 Å². The number of H-pyrrole nitrogens is 1. The molecular weight excluding hydrogens is 374 g/mol. The van der Waals surface area contributed by atoms with Crippen LogP contribution in [0.5, 0.6) is 0 Å². The number of benzene rings is 1. The summed E-state index contributed by atoms with van der Waals surface area (Å²) in [7, 11) is 0. The van der Waals surface area contributed by atoms with E-state index in [1.165, 1.54) is 11.3 Å². The minimum absolute atomic E-state index is 0.0553. The number of aryl methyl sites for hydroxylation is 1. The van der Waals surface area contributed by atoms with E-state index in [1.807, 2.05) is 47.8 Å². The number of nitrogens with zero attached hydrogens (tertiary/aromatic N) is 3. The molecule has 8 heteroatoms. The highest BCUT2D eigenvalue weighted by molar-refractivity contribution is 7.13. The Morgan fingerprint density at radius 2 is 2.04 bits per heavy atom. The first-order valence-corrected chi connectivity index (χ1v) is 9.89. The molecule has 0 unspecified atom stereocenters. The smallest absolute Gasteiger partial charge is 0.326 e. The highest BCUT2D eigenvalue weighted by Gasteiger charge is 2.09. The number of aromatic nitrogens is 4. The van der Waals surface area contributed by atoms with Gasteiger partial charge in [0.05, 0.1) is 22.4 Å². The molecule has 0 saturated carbocycles. The van der Waals surface area contributed by atoms with Crippen LogP contribution < -0.4 is 11.0 Å². The molecule has 1 amide bonds. The Balaban J connectivity index is 1.28. The van der Waals surface area contributed by atoms with Gasteiger partial charge in [0.15, 0.2) is 0 Å². The maximum Gasteiger partial charge on any atom is 0.326 e. The molecule has 0 atom stereocenters. The Kier molecular flexibility index (Phi) is 5.29. The summed E-state index contributed by atoms with van der Waals surface area (Å²) < 4.78 is 1.63. The van der Waals surface area contributed by atoms with Crippen molar-refractivity contribution in [2.75, 3.05) is 6.54 Å². The van der Waals surface area contributed by atoms with Crippen LogP contribution in [-0.2, 0) is 17.8 Å². The van der Waals surface area contributed by atoms with E-state index in [0.29, 0.717) is 25.9 Å². The number of carbonyl (C=O) groups is 1. The molecule has 0 spiro atoms. The summed E-state index contributed by atoms with van der Waals surface area (Å²) in [6.45, 7) is 0.825. The van der Waals surface area contributed by atoms with Crippen LogP contribution in [0.2, 0.25) is 0 Å². The first kappa shape index (κ1) is 18.1. The highest BCUT2D eigenvalue weighted by Crippen LogP contribution is 2.21. The van der Waals surface area contributed by atoms with E-state index < -0.39 is 0 Å². The Hall–Kier alpha value is -3.26. The van der Waals surface area contributed by atoms with Crippen LogP contribution in [0.15, 0.2) is 58.8 Å². The maximum absolute atomic E-state index is 12.1. The molecular formula is C20H19N5O2S. The van der Waals surface area contributed by atoms with Crippen LogP contribution in [0.25, 0.3) is 21.7 Å². The monoisotopic (exact) mass is 393 g/mol. The third-order valence-corrected chi connectivity index (χ3v) is 5.30. The van der Waals surface area contributed by atoms with Crippen LogP contribution in [0, 0.1) is 0 Å². The van der Waals surface area contributed by atoms with Crippen molar-refractivity contribution in [1.29, 1.82) is 0 Å². The second-order valence-electron chi connectivity index (χ2n) is 6.31. The van der Waals surface area contributed by atoms with Crippen molar-refractivity contribution in [2.45, 2.75) is 19.4 Å². The summed E-state index contributed by atoms with van der Waals surface area (Å²) in [6, 6.07) is 13.2. The number of para-hydroxylation sites is 2. The molecule has 1 aromatic carbocycles. The van der Waals surface area contributed by atoms with Crippen LogP contribution in [0.1, 0.15) is 12.1 Å². The molecule has 3 heterocycles. The predicted molar refractivity (Wildman–Crippen MR) is 109 cm³/mol. The van der Waals surface area contributed by atoms with Gasteiger partial charge in [0.2, 0.25) is 5.91 Å². The Morgan fingerprint density at radius 3 is 2.89 bits per heavy atom. The van der Waals surface area contributed by atoms with Crippen molar-refractivity contribution in [3.8, 4) is 10.7 Å². The van der Waals surface area contributed by atoms with Crippen LogP contribution in [0.3, 0.4) is 0 Å². The van der Waals surface area contributed by atoms with Crippen LogP contribution in [-0.4, -0.2) is 32.0 Å². The van der Waals surface area contributed by atoms with E-state index in [2.05, 4.69) is 20.3 Å². The largest absolute Gasteiger partial charge is 0.354 e. The average Bonchev–Trinajstić information content (AvgIpc) is 3.32. The molecule has 7 nitrogen and oxygen atoms in total. The molecule has 0 aliphatic rings. The predicted octanol–water partition coefficient (Wildman–Crippen LogP) is 2.60. The molecule has 28 heavy (non-hydrogen) atoms. The number of rotatable bonds is 7. The summed E-state index contributed by atoms with van der Waals surface area (Å²) in [5, 5.41) is 5.69. The van der Waals surface area contributed by atoms with E-state index in [1.54, 1.807) is 10.8 Å². The first-order valence-electron chi connectivity index (χ1n) is 9.01. The van der Waals surface area contributed by atoms with Crippen molar-refractivity contribution >= 4 is 28.3 Å². The Labute approximate surface area is 165 Å². The Bertz CT molecular complexity index is 1150. The number of thiazole rings is 1. The van der Waals surface area contributed by atoms with Gasteiger partial charge in [0.25, 0.3) is 0 Å². The fraction of sp³-hybridized carbons (Fsp3) is 0.200. The lowest BCUT2D eigenvalue weighted by Crippen LogP contribution is -2.30. The third-order valence-electron chi connectivity index (χ3n) is 4.38. The third kappa shape index (κ3) is 4.01. The zero-order valence-corrected chi connectivity index (χ0v) is 15.9. The number of carbonyl (C=O) groups excluding carboxylic acids is 1. The molecule has 4 rings (SSSR count). The van der Waals surface area contributed by atoms with Gasteiger partial charge in [0.1, 0.15) is 5.01 Å². The van der Waals surface area contributed by atoms with Crippen molar-refractivity contribution in [3.05, 3.63) is 70.2 Å². The zero-order chi connectivity index (χ0) is 19.3. The van der Waals surface area contributed by atoms with E-state index in [-0.39, 0.29) is 11.6 Å².